The van der Waals surface area contributed by atoms with E-state index in [2.05, 4.69) is 12.2 Å². The van der Waals surface area contributed by atoms with Crippen molar-refractivity contribution in [2.24, 2.45) is 0 Å². The number of rotatable bonds is 5. The van der Waals surface area contributed by atoms with Crippen LogP contribution in [0.4, 0.5) is 5.69 Å². The van der Waals surface area contributed by atoms with E-state index in [4.69, 9.17) is 0 Å². The fraction of sp³-hybridized carbons (Fsp3) is 0.556. The third-order valence-corrected chi connectivity index (χ3v) is 4.60. The number of carbonyl (C=O) groups excluding carboxylic acids is 2. The zero-order chi connectivity index (χ0) is 15.5. The first-order valence-corrected chi connectivity index (χ1v) is 8.45. The molecule has 2 aliphatic rings. The average molecular weight is 300 g/mol. The second kappa shape index (κ2) is 6.51. The van der Waals surface area contributed by atoms with Crippen LogP contribution in [0, 0.1) is 0 Å². The van der Waals surface area contributed by atoms with Gasteiger partial charge in [-0.15, -0.1) is 0 Å². The van der Waals surface area contributed by atoms with E-state index in [-0.39, 0.29) is 11.8 Å². The quantitative estimate of drug-likeness (QED) is 0.850. The summed E-state index contributed by atoms with van der Waals surface area (Å²) in [4.78, 5) is 26.3. The van der Waals surface area contributed by atoms with Gasteiger partial charge in [0.05, 0.1) is 5.69 Å². The van der Waals surface area contributed by atoms with Crippen molar-refractivity contribution in [3.8, 4) is 0 Å². The Morgan fingerprint density at radius 1 is 1.18 bits per heavy atom. The predicted octanol–water partition coefficient (Wildman–Crippen LogP) is 2.83. The zero-order valence-electron chi connectivity index (χ0n) is 13.3. The second-order valence-corrected chi connectivity index (χ2v) is 6.26. The molecule has 0 atom stereocenters. The molecule has 0 bridgehead atoms. The van der Waals surface area contributed by atoms with E-state index in [0.717, 1.165) is 74.0 Å². The van der Waals surface area contributed by atoms with Crippen molar-refractivity contribution in [3.63, 3.8) is 0 Å². The maximum atomic E-state index is 12.3. The van der Waals surface area contributed by atoms with Gasteiger partial charge in [-0.05, 0) is 48.9 Å². The molecule has 1 N–H and O–H groups in total. The minimum Gasteiger partial charge on any atom is -0.352 e. The lowest BCUT2D eigenvalue weighted by Crippen LogP contribution is -2.39. The Hall–Kier alpha value is -1.84. The van der Waals surface area contributed by atoms with Crippen molar-refractivity contribution < 1.29 is 9.59 Å². The molecule has 22 heavy (non-hydrogen) atoms. The van der Waals surface area contributed by atoms with Crippen LogP contribution in [0.2, 0.25) is 0 Å². The van der Waals surface area contributed by atoms with Gasteiger partial charge in [-0.25, -0.2) is 0 Å². The van der Waals surface area contributed by atoms with Gasteiger partial charge < -0.3 is 10.2 Å². The molecule has 0 unspecified atom stereocenters. The van der Waals surface area contributed by atoms with E-state index in [1.54, 1.807) is 0 Å². The fourth-order valence-corrected chi connectivity index (χ4v) is 3.46. The monoisotopic (exact) mass is 300 g/mol. The topological polar surface area (TPSA) is 49.4 Å². The van der Waals surface area contributed by atoms with Crippen molar-refractivity contribution in [1.29, 1.82) is 0 Å². The van der Waals surface area contributed by atoms with Gasteiger partial charge in [-0.2, -0.15) is 0 Å². The minimum atomic E-state index is 0.0178. The van der Waals surface area contributed by atoms with Gasteiger partial charge in [-0.1, -0.05) is 19.8 Å². The van der Waals surface area contributed by atoms with Crippen molar-refractivity contribution in [3.05, 3.63) is 28.8 Å². The Bertz CT molecular complexity index is 578. The van der Waals surface area contributed by atoms with Crippen LogP contribution in [0.5, 0.6) is 0 Å². The lowest BCUT2D eigenvalue weighted by atomic mass is 9.89. The van der Waals surface area contributed by atoms with Crippen LogP contribution in [0.1, 0.15) is 60.5 Å². The predicted molar refractivity (Wildman–Crippen MR) is 87.3 cm³/mol. The first-order chi connectivity index (χ1) is 10.7. The molecule has 4 nitrogen and oxygen atoms in total. The Balaban J connectivity index is 1.80. The molecule has 0 saturated carbocycles. The Kier molecular flexibility index (Phi) is 4.46. The lowest BCUT2D eigenvalue weighted by Gasteiger charge is -2.35. The number of hydrogen-bond acceptors (Lipinski definition) is 2. The zero-order valence-corrected chi connectivity index (χ0v) is 13.3. The largest absolute Gasteiger partial charge is 0.352 e. The summed E-state index contributed by atoms with van der Waals surface area (Å²) in [5, 5.41) is 3.01. The van der Waals surface area contributed by atoms with Gasteiger partial charge in [0.2, 0.25) is 5.91 Å². The maximum absolute atomic E-state index is 12.3. The summed E-state index contributed by atoms with van der Waals surface area (Å²) in [5.74, 6) is 0.245. The van der Waals surface area contributed by atoms with Gasteiger partial charge in [0, 0.05) is 25.1 Å². The van der Waals surface area contributed by atoms with E-state index >= 15 is 0 Å². The highest BCUT2D eigenvalue weighted by atomic mass is 16.2. The standard InChI is InChI=1S/C18H24N2O2/c1-2-3-4-9-19-18(22)15-11-13-6-5-10-20-16(21)8-7-14(12-15)17(13)20/h11-12H,2-10H2,1H3,(H,19,22). The lowest BCUT2D eigenvalue weighted by molar-refractivity contribution is -0.119. The molecule has 0 aliphatic carbocycles. The summed E-state index contributed by atoms with van der Waals surface area (Å²) >= 11 is 0. The summed E-state index contributed by atoms with van der Waals surface area (Å²) in [6, 6.07) is 3.97. The van der Waals surface area contributed by atoms with E-state index in [0.29, 0.717) is 6.42 Å². The van der Waals surface area contributed by atoms with E-state index < -0.39 is 0 Å². The minimum absolute atomic E-state index is 0.0178. The number of amides is 2. The molecule has 2 amide bonds. The molecule has 0 radical (unpaired) electrons. The number of benzene rings is 1. The number of aryl methyl sites for hydroxylation is 2. The summed E-state index contributed by atoms with van der Waals surface area (Å²) in [6.45, 7) is 3.72. The Morgan fingerprint density at radius 3 is 2.73 bits per heavy atom. The van der Waals surface area contributed by atoms with Gasteiger partial charge >= 0.3 is 0 Å². The first-order valence-electron chi connectivity index (χ1n) is 8.45. The van der Waals surface area contributed by atoms with E-state index in [1.165, 1.54) is 0 Å². The van der Waals surface area contributed by atoms with E-state index in [1.807, 2.05) is 17.0 Å². The number of unbranched alkanes of at least 4 members (excludes halogenated alkanes) is 2. The summed E-state index contributed by atoms with van der Waals surface area (Å²) < 4.78 is 0. The molecule has 1 aromatic rings. The molecule has 3 rings (SSSR count). The summed E-state index contributed by atoms with van der Waals surface area (Å²) in [5.41, 5.74) is 4.16. The molecule has 2 aliphatic heterocycles. The van der Waals surface area contributed by atoms with Crippen molar-refractivity contribution in [2.75, 3.05) is 18.0 Å². The Morgan fingerprint density at radius 2 is 1.95 bits per heavy atom. The SMILES string of the molecule is CCCCCNC(=O)c1cc2c3c(c1)CCC(=O)N3CCC2. The van der Waals surface area contributed by atoms with Crippen LogP contribution >= 0.6 is 0 Å². The number of hydrogen-bond donors (Lipinski definition) is 1. The van der Waals surface area contributed by atoms with Gasteiger partial charge in [0.15, 0.2) is 0 Å². The number of anilines is 1. The van der Waals surface area contributed by atoms with Gasteiger partial charge in [0.1, 0.15) is 0 Å². The molecule has 4 heteroatoms. The van der Waals surface area contributed by atoms with Gasteiger partial charge in [0.25, 0.3) is 5.91 Å². The van der Waals surface area contributed by atoms with Crippen LogP contribution in [-0.2, 0) is 17.6 Å². The van der Waals surface area contributed by atoms with E-state index in [9.17, 15) is 9.59 Å². The normalized spacial score (nSPS) is 16.4. The molecule has 0 saturated heterocycles. The number of carbonyl (C=O) groups is 2. The molecule has 0 aromatic heterocycles. The number of nitrogens with one attached hydrogen (secondary N) is 1. The van der Waals surface area contributed by atoms with Crippen molar-refractivity contribution in [1.82, 2.24) is 5.32 Å². The third kappa shape index (κ3) is 2.87. The van der Waals surface area contributed by atoms with Crippen LogP contribution in [-0.4, -0.2) is 24.9 Å². The van der Waals surface area contributed by atoms with Crippen LogP contribution in [0.3, 0.4) is 0 Å². The smallest absolute Gasteiger partial charge is 0.251 e. The molecule has 0 spiro atoms. The average Bonchev–Trinajstić information content (AvgIpc) is 2.54. The Labute approximate surface area is 131 Å². The maximum Gasteiger partial charge on any atom is 0.251 e. The fourth-order valence-electron chi connectivity index (χ4n) is 3.46. The van der Waals surface area contributed by atoms with Crippen LogP contribution in [0.15, 0.2) is 12.1 Å². The molecular formula is C18H24N2O2. The van der Waals surface area contributed by atoms with Gasteiger partial charge in [-0.3, -0.25) is 9.59 Å². The van der Waals surface area contributed by atoms with Crippen LogP contribution < -0.4 is 10.2 Å². The highest BCUT2D eigenvalue weighted by molar-refractivity contribution is 6.00. The molecule has 118 valence electrons. The van der Waals surface area contributed by atoms with Crippen molar-refractivity contribution >= 4 is 17.5 Å². The van der Waals surface area contributed by atoms with Crippen LogP contribution in [0.25, 0.3) is 0 Å². The van der Waals surface area contributed by atoms with Crippen molar-refractivity contribution in [2.45, 2.75) is 51.9 Å². The highest BCUT2D eigenvalue weighted by Crippen LogP contribution is 2.36. The molecule has 0 fully saturated rings. The highest BCUT2D eigenvalue weighted by Gasteiger charge is 2.30. The summed E-state index contributed by atoms with van der Waals surface area (Å²) in [7, 11) is 0. The summed E-state index contributed by atoms with van der Waals surface area (Å²) in [6.07, 6.45) is 6.60. The molecular weight excluding hydrogens is 276 g/mol. The molecule has 2 heterocycles. The second-order valence-electron chi connectivity index (χ2n) is 6.26. The third-order valence-electron chi connectivity index (χ3n) is 4.60. The first kappa shape index (κ1) is 15.1. The molecule has 1 aromatic carbocycles. The number of nitrogens with zero attached hydrogens (tertiary/aromatic N) is 1.